The van der Waals surface area contributed by atoms with Crippen LogP contribution < -0.4 is 9.13 Å². The summed E-state index contributed by atoms with van der Waals surface area (Å²) < 4.78 is 9.05. The van der Waals surface area contributed by atoms with Gasteiger partial charge in [0.15, 0.2) is 11.0 Å². The van der Waals surface area contributed by atoms with E-state index in [0.29, 0.717) is 0 Å². The van der Waals surface area contributed by atoms with Crippen LogP contribution >= 0.6 is 0 Å². The lowest BCUT2D eigenvalue weighted by molar-refractivity contribution is -0.687. The Labute approximate surface area is 148 Å². The summed E-state index contributed by atoms with van der Waals surface area (Å²) in [7, 11) is 2.11. The van der Waals surface area contributed by atoms with Crippen LogP contribution in [0.15, 0.2) is 79.6 Å². The average molecular weight is 332 g/mol. The Hall–Kier alpha value is -2.88. The topological polar surface area (TPSA) is 17.6 Å². The molecule has 0 amide bonds. The molecule has 4 rings (SSSR count). The number of nitrogens with zero attached hydrogens (tertiary/aromatic N) is 4. The van der Waals surface area contributed by atoms with Gasteiger partial charge in [0.1, 0.15) is 18.9 Å². The normalized spacial score (nSPS) is 11.2. The van der Waals surface area contributed by atoms with Crippen molar-refractivity contribution in [3.05, 3.63) is 85.2 Å². The van der Waals surface area contributed by atoms with Crippen LogP contribution in [0.2, 0.25) is 0 Å². The molecule has 0 saturated carbocycles. The zero-order valence-electron chi connectivity index (χ0n) is 14.6. The van der Waals surface area contributed by atoms with Crippen LogP contribution in [-0.4, -0.2) is 9.13 Å². The summed E-state index contributed by atoms with van der Waals surface area (Å²) in [5, 5.41) is 0. The van der Waals surface area contributed by atoms with E-state index >= 15 is 0 Å². The number of hydrogen-bond donors (Lipinski definition) is 0. The molecule has 0 aliphatic rings. The summed E-state index contributed by atoms with van der Waals surface area (Å²) in [4.78, 5) is 0. The molecule has 2 aromatic carbocycles. The molecular weight excluding hydrogens is 308 g/mol. The first-order chi connectivity index (χ1) is 12.3. The van der Waals surface area contributed by atoms with Gasteiger partial charge in [-0.3, -0.25) is 0 Å². The number of imidazole rings is 2. The number of benzene rings is 2. The lowest BCUT2D eigenvalue weighted by atomic mass is 10.2. The second-order valence-electron chi connectivity index (χ2n) is 6.57. The van der Waals surface area contributed by atoms with Gasteiger partial charge >= 0.3 is 0 Å². The second kappa shape index (κ2) is 6.93. The minimum absolute atomic E-state index is 0.923. The van der Waals surface area contributed by atoms with Gasteiger partial charge in [0.2, 0.25) is 12.7 Å². The van der Waals surface area contributed by atoms with E-state index in [2.05, 4.69) is 105 Å². The Morgan fingerprint density at radius 2 is 1.68 bits per heavy atom. The van der Waals surface area contributed by atoms with Gasteiger partial charge in [-0.25, -0.2) is 18.3 Å². The van der Waals surface area contributed by atoms with Crippen molar-refractivity contribution in [2.45, 2.75) is 26.1 Å². The summed E-state index contributed by atoms with van der Waals surface area (Å²) in [6.07, 6.45) is 9.81. The van der Waals surface area contributed by atoms with Crippen LogP contribution in [-0.2, 0) is 26.7 Å². The first kappa shape index (κ1) is 15.6. The van der Waals surface area contributed by atoms with Crippen molar-refractivity contribution in [3.8, 4) is 0 Å². The van der Waals surface area contributed by atoms with Crippen molar-refractivity contribution in [1.82, 2.24) is 9.13 Å². The Morgan fingerprint density at radius 3 is 2.56 bits per heavy atom. The molecule has 2 heterocycles. The lowest BCUT2D eigenvalue weighted by Gasteiger charge is -1.98. The number of hydrogen-bond acceptors (Lipinski definition) is 0. The SMILES string of the molecule is C[n+]1cn(CCCn2cc[n+](Cc3ccccc3)c2)c2ccccc21. The van der Waals surface area contributed by atoms with E-state index in [-0.39, 0.29) is 0 Å². The molecule has 0 aliphatic carbocycles. The maximum Gasteiger partial charge on any atom is 0.244 e. The lowest BCUT2D eigenvalue weighted by Crippen LogP contribution is -2.31. The predicted molar refractivity (Wildman–Crippen MR) is 97.9 cm³/mol. The van der Waals surface area contributed by atoms with Gasteiger partial charge < -0.3 is 0 Å². The fourth-order valence-corrected chi connectivity index (χ4v) is 3.40. The van der Waals surface area contributed by atoms with Gasteiger partial charge in [-0.15, -0.1) is 0 Å². The molecule has 0 unspecified atom stereocenters. The van der Waals surface area contributed by atoms with E-state index in [4.69, 9.17) is 0 Å². The zero-order valence-corrected chi connectivity index (χ0v) is 14.6. The number of rotatable bonds is 6. The minimum Gasteiger partial charge on any atom is -0.237 e. The molecule has 0 radical (unpaired) electrons. The minimum atomic E-state index is 0.923. The molecule has 0 N–H and O–H groups in total. The number of fused-ring (bicyclic) bond motifs is 1. The molecule has 0 bridgehead atoms. The predicted octanol–water partition coefficient (Wildman–Crippen LogP) is 2.69. The summed E-state index contributed by atoms with van der Waals surface area (Å²) in [6.45, 7) is 2.97. The van der Waals surface area contributed by atoms with Gasteiger partial charge in [-0.2, -0.15) is 0 Å². The summed E-state index contributed by atoms with van der Waals surface area (Å²) >= 11 is 0. The molecule has 4 aromatic rings. The summed E-state index contributed by atoms with van der Waals surface area (Å²) in [6, 6.07) is 19.1. The highest BCUT2D eigenvalue weighted by molar-refractivity contribution is 5.71. The number of para-hydroxylation sites is 2. The van der Waals surface area contributed by atoms with Gasteiger partial charge in [0.25, 0.3) is 0 Å². The van der Waals surface area contributed by atoms with E-state index in [1.54, 1.807) is 0 Å². The highest BCUT2D eigenvalue weighted by Gasteiger charge is 2.12. The summed E-state index contributed by atoms with van der Waals surface area (Å²) in [5.41, 5.74) is 3.91. The monoisotopic (exact) mass is 332 g/mol. The Kier molecular flexibility index (Phi) is 4.34. The van der Waals surface area contributed by atoms with Crippen LogP contribution in [0.1, 0.15) is 12.0 Å². The third-order valence-electron chi connectivity index (χ3n) is 4.65. The fraction of sp³-hybridized carbons (Fsp3) is 0.238. The van der Waals surface area contributed by atoms with Gasteiger partial charge in [0, 0.05) is 6.42 Å². The maximum absolute atomic E-state index is 2.34. The molecule has 126 valence electrons. The first-order valence-electron chi connectivity index (χ1n) is 8.82. The molecule has 25 heavy (non-hydrogen) atoms. The fourth-order valence-electron chi connectivity index (χ4n) is 3.40. The smallest absolute Gasteiger partial charge is 0.237 e. The molecule has 4 nitrogen and oxygen atoms in total. The van der Waals surface area contributed by atoms with E-state index in [1.807, 2.05) is 0 Å². The average Bonchev–Trinajstić information content (AvgIpc) is 3.21. The molecule has 0 saturated heterocycles. The van der Waals surface area contributed by atoms with Crippen molar-refractivity contribution in [1.29, 1.82) is 0 Å². The Balaban J connectivity index is 1.37. The van der Waals surface area contributed by atoms with E-state index in [0.717, 1.165) is 26.1 Å². The number of aryl methyl sites for hydroxylation is 3. The van der Waals surface area contributed by atoms with Crippen LogP contribution in [0.5, 0.6) is 0 Å². The van der Waals surface area contributed by atoms with E-state index in [9.17, 15) is 0 Å². The van der Waals surface area contributed by atoms with Crippen molar-refractivity contribution in [2.24, 2.45) is 7.05 Å². The molecule has 0 spiro atoms. The Morgan fingerprint density at radius 1 is 0.880 bits per heavy atom. The van der Waals surface area contributed by atoms with E-state index in [1.165, 1.54) is 16.6 Å². The van der Waals surface area contributed by atoms with Gasteiger partial charge in [-0.1, -0.05) is 42.5 Å². The van der Waals surface area contributed by atoms with Gasteiger partial charge in [0.05, 0.1) is 20.1 Å². The molecule has 2 aromatic heterocycles. The largest absolute Gasteiger partial charge is 0.244 e. The highest BCUT2D eigenvalue weighted by atomic mass is 15.1. The van der Waals surface area contributed by atoms with Crippen molar-refractivity contribution in [3.63, 3.8) is 0 Å². The van der Waals surface area contributed by atoms with Crippen molar-refractivity contribution in [2.75, 3.05) is 0 Å². The third kappa shape index (κ3) is 3.48. The molecule has 0 aliphatic heterocycles. The highest BCUT2D eigenvalue weighted by Crippen LogP contribution is 2.10. The standard InChI is InChI=1S/C21H24N4/c1-22-17-25(21-11-6-5-10-20(21)22)13-7-12-23-14-15-24(18-23)16-19-8-3-2-4-9-19/h2-6,8-11,14-15,17-18H,7,12-13,16H2,1H3/q+2. The quantitative estimate of drug-likeness (QED) is 0.483. The van der Waals surface area contributed by atoms with Crippen LogP contribution in [0.3, 0.4) is 0 Å². The van der Waals surface area contributed by atoms with E-state index < -0.39 is 0 Å². The third-order valence-corrected chi connectivity index (χ3v) is 4.65. The zero-order chi connectivity index (χ0) is 17.1. The molecule has 0 fully saturated rings. The molecule has 4 heteroatoms. The van der Waals surface area contributed by atoms with Crippen molar-refractivity contribution < 1.29 is 9.13 Å². The molecule has 0 atom stereocenters. The first-order valence-corrected chi connectivity index (χ1v) is 8.82. The van der Waals surface area contributed by atoms with Crippen LogP contribution in [0.4, 0.5) is 0 Å². The van der Waals surface area contributed by atoms with Crippen LogP contribution in [0, 0.1) is 0 Å². The maximum atomic E-state index is 2.34. The second-order valence-corrected chi connectivity index (χ2v) is 6.57. The van der Waals surface area contributed by atoms with Crippen molar-refractivity contribution >= 4 is 11.0 Å². The number of aromatic nitrogens is 4. The van der Waals surface area contributed by atoms with Gasteiger partial charge in [-0.05, 0) is 17.7 Å². The molecular formula is C21H24N4+2. The Bertz CT molecular complexity index is 966. The van der Waals surface area contributed by atoms with Crippen LogP contribution in [0.25, 0.3) is 11.0 Å². The summed E-state index contributed by atoms with van der Waals surface area (Å²) in [5.74, 6) is 0.